The van der Waals surface area contributed by atoms with Gasteiger partial charge in [-0.15, -0.1) is 0 Å². The van der Waals surface area contributed by atoms with Gasteiger partial charge in [0.05, 0.1) is 11.1 Å². The number of allylic oxidation sites excluding steroid dienone is 2. The van der Waals surface area contributed by atoms with Crippen LogP contribution in [-0.2, 0) is 0 Å². The molecule has 1 fully saturated rings. The monoisotopic (exact) mass is 239 g/mol. The molecule has 1 aliphatic rings. The Labute approximate surface area is 102 Å². The molecular formula is C12H21N3O2. The van der Waals surface area contributed by atoms with Crippen LogP contribution in [0, 0.1) is 10.1 Å². The van der Waals surface area contributed by atoms with Crippen LogP contribution in [0.15, 0.2) is 24.0 Å². The Morgan fingerprint density at radius 3 is 2.71 bits per heavy atom. The summed E-state index contributed by atoms with van der Waals surface area (Å²) < 4.78 is 0. The van der Waals surface area contributed by atoms with Crippen molar-refractivity contribution >= 4 is 0 Å². The molecule has 0 spiro atoms. The molecule has 0 aliphatic carbocycles. The highest BCUT2D eigenvalue weighted by atomic mass is 16.6. The zero-order valence-electron chi connectivity index (χ0n) is 10.6. The Bertz CT molecular complexity index is 307. The minimum absolute atomic E-state index is 0.160. The third-order valence-electron chi connectivity index (χ3n) is 2.96. The lowest BCUT2D eigenvalue weighted by Crippen LogP contribution is -2.39. The van der Waals surface area contributed by atoms with Gasteiger partial charge >= 0.3 is 0 Å². The third kappa shape index (κ3) is 4.56. The van der Waals surface area contributed by atoms with Gasteiger partial charge in [0.15, 0.2) is 0 Å². The molecule has 0 saturated carbocycles. The van der Waals surface area contributed by atoms with E-state index >= 15 is 0 Å². The average molecular weight is 239 g/mol. The molecule has 0 bridgehead atoms. The van der Waals surface area contributed by atoms with Gasteiger partial charge in [-0.2, -0.15) is 0 Å². The first-order valence-electron chi connectivity index (χ1n) is 6.10. The molecule has 0 atom stereocenters. The second kappa shape index (κ2) is 7.06. The van der Waals surface area contributed by atoms with E-state index in [0.717, 1.165) is 32.4 Å². The number of hydrogen-bond acceptors (Lipinski definition) is 4. The predicted octanol–water partition coefficient (Wildman–Crippen LogP) is 1.75. The van der Waals surface area contributed by atoms with Crippen molar-refractivity contribution in [3.8, 4) is 0 Å². The molecular weight excluding hydrogens is 218 g/mol. The molecule has 1 N–H and O–H groups in total. The Morgan fingerprint density at radius 2 is 2.18 bits per heavy atom. The number of piperidine rings is 1. The fourth-order valence-corrected chi connectivity index (χ4v) is 1.92. The summed E-state index contributed by atoms with van der Waals surface area (Å²) in [5.41, 5.74) is 0.160. The standard InChI is InChI=1S/C12H21N3O2/c1-3-4-5-12(15(16)17)10-14(2)11-6-8-13-9-7-11/h4-5,10-11,13H,3,6-9H2,1-2H3/b5-4+,12-10+. The van der Waals surface area contributed by atoms with Gasteiger partial charge in [-0.05, 0) is 32.4 Å². The van der Waals surface area contributed by atoms with Crippen molar-refractivity contribution < 1.29 is 4.92 Å². The first-order valence-corrected chi connectivity index (χ1v) is 6.10. The molecule has 5 nitrogen and oxygen atoms in total. The van der Waals surface area contributed by atoms with Crippen LogP contribution in [0.1, 0.15) is 26.2 Å². The van der Waals surface area contributed by atoms with Gasteiger partial charge in [0.2, 0.25) is 0 Å². The number of nitro groups is 1. The highest BCUT2D eigenvalue weighted by Crippen LogP contribution is 2.12. The van der Waals surface area contributed by atoms with Gasteiger partial charge < -0.3 is 10.2 Å². The van der Waals surface area contributed by atoms with Crippen LogP contribution in [0.3, 0.4) is 0 Å². The Morgan fingerprint density at radius 1 is 1.53 bits per heavy atom. The maximum Gasteiger partial charge on any atom is 0.284 e. The average Bonchev–Trinajstić information content (AvgIpc) is 2.35. The van der Waals surface area contributed by atoms with Crippen LogP contribution in [0.4, 0.5) is 0 Å². The molecule has 1 heterocycles. The second-order valence-electron chi connectivity index (χ2n) is 4.27. The van der Waals surface area contributed by atoms with Gasteiger partial charge in [0.25, 0.3) is 5.70 Å². The summed E-state index contributed by atoms with van der Waals surface area (Å²) in [5, 5.41) is 14.2. The Hall–Kier alpha value is -1.36. The topological polar surface area (TPSA) is 58.4 Å². The van der Waals surface area contributed by atoms with E-state index in [-0.39, 0.29) is 10.6 Å². The summed E-state index contributed by atoms with van der Waals surface area (Å²) >= 11 is 0. The molecule has 0 aromatic heterocycles. The predicted molar refractivity (Wildman–Crippen MR) is 68.2 cm³/mol. The number of nitrogens with zero attached hydrogens (tertiary/aromatic N) is 2. The Balaban J connectivity index is 2.67. The molecule has 0 radical (unpaired) electrons. The van der Waals surface area contributed by atoms with Crippen molar-refractivity contribution in [2.45, 2.75) is 32.2 Å². The van der Waals surface area contributed by atoms with Crippen LogP contribution in [0.5, 0.6) is 0 Å². The fraction of sp³-hybridized carbons (Fsp3) is 0.667. The first-order chi connectivity index (χ1) is 8.15. The molecule has 1 saturated heterocycles. The number of rotatable bonds is 5. The summed E-state index contributed by atoms with van der Waals surface area (Å²) in [4.78, 5) is 12.5. The van der Waals surface area contributed by atoms with Gasteiger partial charge in [0.1, 0.15) is 0 Å². The van der Waals surface area contributed by atoms with E-state index in [4.69, 9.17) is 0 Å². The van der Waals surface area contributed by atoms with Crippen LogP contribution >= 0.6 is 0 Å². The first kappa shape index (κ1) is 13.7. The second-order valence-corrected chi connectivity index (χ2v) is 4.27. The highest BCUT2D eigenvalue weighted by Gasteiger charge is 2.17. The minimum Gasteiger partial charge on any atom is -0.372 e. The molecule has 0 aromatic rings. The summed E-state index contributed by atoms with van der Waals surface area (Å²) in [6, 6.07) is 0.404. The SMILES string of the molecule is CC/C=C/C(=C\N(C)C1CCNCC1)[N+](=O)[O-]. The van der Waals surface area contributed by atoms with Crippen LogP contribution < -0.4 is 5.32 Å². The van der Waals surface area contributed by atoms with E-state index in [1.807, 2.05) is 24.9 Å². The van der Waals surface area contributed by atoms with Gasteiger partial charge in [-0.1, -0.05) is 13.0 Å². The van der Waals surface area contributed by atoms with E-state index in [0.29, 0.717) is 6.04 Å². The van der Waals surface area contributed by atoms with Crippen LogP contribution in [-0.4, -0.2) is 36.0 Å². The van der Waals surface area contributed by atoms with Crippen molar-refractivity contribution in [3.63, 3.8) is 0 Å². The molecule has 0 unspecified atom stereocenters. The lowest BCUT2D eigenvalue weighted by atomic mass is 10.1. The summed E-state index contributed by atoms with van der Waals surface area (Å²) in [5.74, 6) is 0. The van der Waals surface area contributed by atoms with E-state index in [9.17, 15) is 10.1 Å². The maximum atomic E-state index is 10.9. The lowest BCUT2D eigenvalue weighted by Gasteiger charge is -2.30. The summed E-state index contributed by atoms with van der Waals surface area (Å²) in [6.07, 6.45) is 7.91. The van der Waals surface area contributed by atoms with E-state index in [1.165, 1.54) is 0 Å². The van der Waals surface area contributed by atoms with Crippen molar-refractivity contribution in [1.29, 1.82) is 0 Å². The van der Waals surface area contributed by atoms with E-state index < -0.39 is 0 Å². The molecule has 0 amide bonds. The molecule has 96 valence electrons. The summed E-state index contributed by atoms with van der Waals surface area (Å²) in [6.45, 7) is 3.94. The van der Waals surface area contributed by atoms with Gasteiger partial charge in [0, 0.05) is 19.2 Å². The fourth-order valence-electron chi connectivity index (χ4n) is 1.92. The zero-order valence-corrected chi connectivity index (χ0v) is 10.6. The maximum absolute atomic E-state index is 10.9. The van der Waals surface area contributed by atoms with E-state index in [1.54, 1.807) is 12.3 Å². The number of nitrogens with one attached hydrogen (secondary N) is 1. The normalized spacial score (nSPS) is 18.6. The smallest absolute Gasteiger partial charge is 0.284 e. The third-order valence-corrected chi connectivity index (χ3v) is 2.96. The highest BCUT2D eigenvalue weighted by molar-refractivity contribution is 5.10. The number of hydrogen-bond donors (Lipinski definition) is 1. The largest absolute Gasteiger partial charge is 0.372 e. The molecule has 1 rings (SSSR count). The summed E-state index contributed by atoms with van der Waals surface area (Å²) in [7, 11) is 1.92. The lowest BCUT2D eigenvalue weighted by molar-refractivity contribution is -0.420. The van der Waals surface area contributed by atoms with Gasteiger partial charge in [-0.25, -0.2) is 0 Å². The van der Waals surface area contributed by atoms with Crippen LogP contribution in [0.2, 0.25) is 0 Å². The van der Waals surface area contributed by atoms with Crippen LogP contribution in [0.25, 0.3) is 0 Å². The van der Waals surface area contributed by atoms with Crippen molar-refractivity contribution in [2.75, 3.05) is 20.1 Å². The van der Waals surface area contributed by atoms with E-state index in [2.05, 4.69) is 5.32 Å². The van der Waals surface area contributed by atoms with Crippen molar-refractivity contribution in [2.24, 2.45) is 0 Å². The zero-order chi connectivity index (χ0) is 12.7. The quantitative estimate of drug-likeness (QED) is 0.451. The molecule has 5 heteroatoms. The van der Waals surface area contributed by atoms with Crippen molar-refractivity contribution in [3.05, 3.63) is 34.2 Å². The molecule has 17 heavy (non-hydrogen) atoms. The van der Waals surface area contributed by atoms with Gasteiger partial charge in [-0.3, -0.25) is 10.1 Å². The molecule has 1 aliphatic heterocycles. The minimum atomic E-state index is -0.330. The van der Waals surface area contributed by atoms with Crippen molar-refractivity contribution in [1.82, 2.24) is 10.2 Å². The Kier molecular flexibility index (Phi) is 5.69. The molecule has 0 aromatic carbocycles.